The Bertz CT molecular complexity index is 870. The van der Waals surface area contributed by atoms with Gasteiger partial charge in [-0.2, -0.15) is 4.99 Å². The number of carbonyl (C=O) groups is 4. The van der Waals surface area contributed by atoms with E-state index in [4.69, 9.17) is 5.73 Å². The molecule has 13 heteroatoms. The van der Waals surface area contributed by atoms with Crippen LogP contribution in [-0.4, -0.2) is 97.5 Å². The van der Waals surface area contributed by atoms with Gasteiger partial charge < -0.3 is 26.2 Å². The van der Waals surface area contributed by atoms with Gasteiger partial charge in [-0.25, -0.2) is 0 Å². The van der Waals surface area contributed by atoms with Crippen LogP contribution in [0.3, 0.4) is 0 Å². The first-order valence-electron chi connectivity index (χ1n) is 9.73. The maximum atomic E-state index is 11.7. The first-order chi connectivity index (χ1) is 15.5. The number of benzene rings is 1. The predicted octanol–water partition coefficient (Wildman–Crippen LogP) is 0.341. The molecule has 6 N–H and O–H groups in total. The van der Waals surface area contributed by atoms with Crippen molar-refractivity contribution in [1.29, 1.82) is 0 Å². The van der Waals surface area contributed by atoms with Crippen molar-refractivity contribution in [2.45, 2.75) is 24.9 Å². The highest BCUT2D eigenvalue weighted by atomic mass is 32.1. The van der Waals surface area contributed by atoms with Gasteiger partial charge in [-0.3, -0.25) is 29.0 Å². The van der Waals surface area contributed by atoms with Crippen molar-refractivity contribution < 1.29 is 39.6 Å². The highest BCUT2D eigenvalue weighted by Crippen LogP contribution is 2.27. The van der Waals surface area contributed by atoms with Crippen LogP contribution in [0.5, 0.6) is 0 Å². The minimum absolute atomic E-state index is 0.140. The lowest BCUT2D eigenvalue weighted by molar-refractivity contribution is -0.155. The fourth-order valence-corrected chi connectivity index (χ4v) is 3.68. The Morgan fingerprint density at radius 1 is 0.939 bits per heavy atom. The standard InChI is InChI=1S/C20H26N4O8S/c21-5-6-23(9-14-1-3-15(4-2-14)22-13-33)12-20(7-16(25)26,8-17(27)28)24(10-18(29)30)11-19(31)32/h1-4H,5-12,21H2,(H,25,26)(H,27,28)(H,29,30)(H,31,32). The zero-order chi connectivity index (χ0) is 25.0. The molecule has 0 amide bonds. The van der Waals surface area contributed by atoms with Crippen molar-refractivity contribution >= 4 is 46.9 Å². The summed E-state index contributed by atoms with van der Waals surface area (Å²) in [4.78, 5) is 52.6. The van der Waals surface area contributed by atoms with Crippen molar-refractivity contribution in [2.24, 2.45) is 10.7 Å². The Morgan fingerprint density at radius 2 is 1.45 bits per heavy atom. The van der Waals surface area contributed by atoms with Crippen molar-refractivity contribution in [3.8, 4) is 0 Å². The third kappa shape index (κ3) is 9.85. The van der Waals surface area contributed by atoms with Crippen LogP contribution in [0.4, 0.5) is 5.69 Å². The molecule has 0 atom stereocenters. The molecular formula is C20H26N4O8S. The van der Waals surface area contributed by atoms with Gasteiger partial charge in [0.05, 0.1) is 42.3 Å². The molecule has 1 aromatic carbocycles. The van der Waals surface area contributed by atoms with E-state index in [9.17, 15) is 39.6 Å². The number of aliphatic imine (C=N–C) groups is 1. The molecule has 1 aromatic rings. The number of thiocarbonyl (C=S) groups is 1. The zero-order valence-corrected chi connectivity index (χ0v) is 18.5. The second-order valence-electron chi connectivity index (χ2n) is 7.38. The summed E-state index contributed by atoms with van der Waals surface area (Å²) in [5, 5.41) is 39.8. The van der Waals surface area contributed by atoms with Gasteiger partial charge in [-0.05, 0) is 29.9 Å². The van der Waals surface area contributed by atoms with E-state index in [1.165, 1.54) is 0 Å². The zero-order valence-electron chi connectivity index (χ0n) is 17.7. The summed E-state index contributed by atoms with van der Waals surface area (Å²) in [6, 6.07) is 6.82. The van der Waals surface area contributed by atoms with Crippen LogP contribution < -0.4 is 5.73 Å². The third-order valence-corrected chi connectivity index (χ3v) is 4.86. The molecule has 0 fully saturated rings. The van der Waals surface area contributed by atoms with Crippen LogP contribution in [0.25, 0.3) is 0 Å². The Balaban J connectivity index is 3.41. The SMILES string of the molecule is NCCN(Cc1ccc(N=C=S)cc1)CC(CC(=O)O)(CC(=O)O)N(CC(=O)O)CC(=O)O. The van der Waals surface area contributed by atoms with Crippen LogP contribution in [0.2, 0.25) is 0 Å². The smallest absolute Gasteiger partial charge is 0.317 e. The lowest BCUT2D eigenvalue weighted by Crippen LogP contribution is -2.60. The number of carboxylic acid groups (broad SMARTS) is 4. The molecule has 12 nitrogen and oxygen atoms in total. The normalized spacial score (nSPS) is 11.2. The number of aliphatic carboxylic acids is 4. The maximum absolute atomic E-state index is 11.7. The van der Waals surface area contributed by atoms with Crippen LogP contribution >= 0.6 is 12.2 Å². The van der Waals surface area contributed by atoms with Crippen LogP contribution in [-0.2, 0) is 25.7 Å². The second-order valence-corrected chi connectivity index (χ2v) is 7.56. The molecule has 0 aliphatic rings. The molecule has 0 saturated carbocycles. The topological polar surface area (TPSA) is 194 Å². The molecule has 0 bridgehead atoms. The minimum atomic E-state index is -1.83. The molecule has 0 heterocycles. The highest BCUT2D eigenvalue weighted by molar-refractivity contribution is 7.78. The van der Waals surface area contributed by atoms with E-state index in [1.54, 1.807) is 29.2 Å². The number of nitrogens with two attached hydrogens (primary N) is 1. The fraction of sp³-hybridized carbons (Fsp3) is 0.450. The Kier molecular flexibility index (Phi) is 11.3. The molecule has 180 valence electrons. The van der Waals surface area contributed by atoms with Gasteiger partial charge in [0.2, 0.25) is 0 Å². The summed E-state index contributed by atoms with van der Waals surface area (Å²) in [7, 11) is 0. The third-order valence-electron chi connectivity index (χ3n) is 4.76. The molecule has 0 aliphatic carbocycles. The molecule has 1 rings (SSSR count). The number of carboxylic acids is 4. The van der Waals surface area contributed by atoms with Gasteiger partial charge >= 0.3 is 23.9 Å². The summed E-state index contributed by atoms with van der Waals surface area (Å²) in [6.07, 6.45) is -1.58. The van der Waals surface area contributed by atoms with E-state index >= 15 is 0 Å². The number of isothiocyanates is 1. The van der Waals surface area contributed by atoms with Crippen molar-refractivity contribution in [2.75, 3.05) is 32.7 Å². The van der Waals surface area contributed by atoms with Gasteiger partial charge in [-0.1, -0.05) is 12.1 Å². The molecule has 0 aliphatic heterocycles. The summed E-state index contributed by atoms with van der Waals surface area (Å²) < 4.78 is 0. The minimum Gasteiger partial charge on any atom is -0.481 e. The summed E-state index contributed by atoms with van der Waals surface area (Å²) in [5.41, 5.74) is 5.19. The summed E-state index contributed by atoms with van der Waals surface area (Å²) >= 11 is 4.56. The van der Waals surface area contributed by atoms with Gasteiger partial charge in [-0.15, -0.1) is 0 Å². The number of hydrogen-bond donors (Lipinski definition) is 5. The number of hydrogen-bond acceptors (Lipinski definition) is 9. The lowest BCUT2D eigenvalue weighted by atomic mass is 9.87. The van der Waals surface area contributed by atoms with E-state index in [-0.39, 0.29) is 26.2 Å². The first-order valence-corrected chi connectivity index (χ1v) is 10.1. The molecule has 0 unspecified atom stereocenters. The van der Waals surface area contributed by atoms with Crippen molar-refractivity contribution in [3.63, 3.8) is 0 Å². The van der Waals surface area contributed by atoms with Gasteiger partial charge in [0.25, 0.3) is 0 Å². The summed E-state index contributed by atoms with van der Waals surface area (Å²) in [6.45, 7) is -1.38. The Labute approximate surface area is 194 Å². The maximum Gasteiger partial charge on any atom is 0.317 e. The fourth-order valence-electron chi connectivity index (χ4n) is 3.58. The predicted molar refractivity (Wildman–Crippen MR) is 120 cm³/mol. The molecule has 0 radical (unpaired) electrons. The monoisotopic (exact) mass is 482 g/mol. The first kappa shape index (κ1) is 27.8. The van der Waals surface area contributed by atoms with E-state index in [0.717, 1.165) is 10.5 Å². The molecule has 0 saturated heterocycles. The van der Waals surface area contributed by atoms with E-state index < -0.39 is 55.3 Å². The summed E-state index contributed by atoms with van der Waals surface area (Å²) in [5.74, 6) is -5.63. The van der Waals surface area contributed by atoms with Crippen molar-refractivity contribution in [1.82, 2.24) is 9.80 Å². The number of nitrogens with zero attached hydrogens (tertiary/aromatic N) is 3. The quantitative estimate of drug-likeness (QED) is 0.160. The van der Waals surface area contributed by atoms with Gasteiger partial charge in [0.1, 0.15) is 0 Å². The van der Waals surface area contributed by atoms with Crippen LogP contribution in [0, 0.1) is 0 Å². The molecule has 0 spiro atoms. The van der Waals surface area contributed by atoms with Gasteiger partial charge in [0.15, 0.2) is 0 Å². The molecule has 0 aromatic heterocycles. The number of rotatable bonds is 16. The van der Waals surface area contributed by atoms with Crippen LogP contribution in [0.15, 0.2) is 29.3 Å². The Hall–Kier alpha value is -3.22. The molecule has 33 heavy (non-hydrogen) atoms. The second kappa shape index (κ2) is 13.4. The highest BCUT2D eigenvalue weighted by Gasteiger charge is 2.44. The Morgan fingerprint density at radius 3 is 1.85 bits per heavy atom. The van der Waals surface area contributed by atoms with E-state index in [0.29, 0.717) is 5.69 Å². The lowest BCUT2D eigenvalue weighted by Gasteiger charge is -2.44. The van der Waals surface area contributed by atoms with Gasteiger partial charge in [0, 0.05) is 26.2 Å². The van der Waals surface area contributed by atoms with E-state index in [2.05, 4.69) is 22.4 Å². The van der Waals surface area contributed by atoms with Crippen molar-refractivity contribution in [3.05, 3.63) is 29.8 Å². The average molecular weight is 483 g/mol. The van der Waals surface area contributed by atoms with Crippen LogP contribution in [0.1, 0.15) is 18.4 Å². The average Bonchev–Trinajstić information content (AvgIpc) is 2.67. The van der Waals surface area contributed by atoms with E-state index in [1.807, 2.05) is 0 Å². The molecular weight excluding hydrogens is 456 g/mol. The largest absolute Gasteiger partial charge is 0.481 e.